The van der Waals surface area contributed by atoms with Gasteiger partial charge in [0.25, 0.3) is 0 Å². The maximum absolute atomic E-state index is 13.0. The molecule has 0 spiro atoms. The van der Waals surface area contributed by atoms with Gasteiger partial charge in [-0.2, -0.15) is 0 Å². The summed E-state index contributed by atoms with van der Waals surface area (Å²) in [6, 6.07) is 4.26. The van der Waals surface area contributed by atoms with Crippen molar-refractivity contribution in [1.82, 2.24) is 0 Å². The van der Waals surface area contributed by atoms with Crippen molar-refractivity contribution >= 4 is 11.8 Å². The van der Waals surface area contributed by atoms with E-state index in [1.807, 2.05) is 6.92 Å². The van der Waals surface area contributed by atoms with Crippen molar-refractivity contribution < 1.29 is 19.1 Å². The van der Waals surface area contributed by atoms with E-state index in [9.17, 15) is 9.59 Å². The normalized spacial score (nSPS) is 22.5. The van der Waals surface area contributed by atoms with E-state index < -0.39 is 0 Å². The Morgan fingerprint density at radius 1 is 1.07 bits per heavy atom. The van der Waals surface area contributed by atoms with Gasteiger partial charge in [0, 0.05) is 19.4 Å². The highest BCUT2D eigenvalue weighted by Gasteiger charge is 2.39. The van der Waals surface area contributed by atoms with Crippen molar-refractivity contribution in [2.45, 2.75) is 78.7 Å². The van der Waals surface area contributed by atoms with Crippen molar-refractivity contribution in [3.8, 4) is 0 Å². The van der Waals surface area contributed by atoms with Gasteiger partial charge in [0.1, 0.15) is 5.78 Å². The lowest BCUT2D eigenvalue weighted by Gasteiger charge is -2.39. The minimum Gasteiger partial charge on any atom is -0.469 e. The number of ketones is 1. The average molecular weight is 375 g/mol. The molecule has 0 aromatic heterocycles. The Morgan fingerprint density at radius 3 is 2.19 bits per heavy atom. The van der Waals surface area contributed by atoms with Gasteiger partial charge in [-0.1, -0.05) is 17.7 Å². The molecule has 1 aromatic rings. The molecule has 0 heterocycles. The van der Waals surface area contributed by atoms with Gasteiger partial charge in [-0.15, -0.1) is 0 Å². The van der Waals surface area contributed by atoms with Crippen LogP contribution < -0.4 is 0 Å². The van der Waals surface area contributed by atoms with Gasteiger partial charge >= 0.3 is 5.97 Å². The van der Waals surface area contributed by atoms with Crippen LogP contribution in [-0.2, 0) is 25.5 Å². The predicted molar refractivity (Wildman–Crippen MR) is 107 cm³/mol. The first kappa shape index (κ1) is 21.6. The SMILES string of the molecule is CCOC1CCC(CC(=O)Cc2c(C)cc(C)cc2C)(CC(=O)OC)CC1. The van der Waals surface area contributed by atoms with Crippen molar-refractivity contribution in [2.24, 2.45) is 5.41 Å². The summed E-state index contributed by atoms with van der Waals surface area (Å²) >= 11 is 0. The van der Waals surface area contributed by atoms with Gasteiger partial charge in [-0.05, 0) is 75.5 Å². The van der Waals surface area contributed by atoms with Crippen LogP contribution in [0.15, 0.2) is 12.1 Å². The lowest BCUT2D eigenvalue weighted by Crippen LogP contribution is -2.35. The van der Waals surface area contributed by atoms with Crippen LogP contribution in [0.4, 0.5) is 0 Å². The van der Waals surface area contributed by atoms with Crippen molar-refractivity contribution in [1.29, 1.82) is 0 Å². The number of carbonyl (C=O) groups excluding carboxylic acids is 2. The van der Waals surface area contributed by atoms with Crippen LogP contribution in [0.25, 0.3) is 0 Å². The Balaban J connectivity index is 2.11. The molecule has 1 aliphatic rings. The molecule has 1 saturated carbocycles. The molecule has 2 rings (SSSR count). The lowest BCUT2D eigenvalue weighted by atomic mass is 9.67. The number of carbonyl (C=O) groups is 2. The van der Waals surface area contributed by atoms with E-state index in [-0.39, 0.29) is 23.3 Å². The molecule has 0 saturated heterocycles. The van der Waals surface area contributed by atoms with E-state index >= 15 is 0 Å². The maximum atomic E-state index is 13.0. The Bertz CT molecular complexity index is 646. The van der Waals surface area contributed by atoms with Gasteiger partial charge < -0.3 is 9.47 Å². The Kier molecular flexibility index (Phi) is 7.60. The first-order valence-electron chi connectivity index (χ1n) is 10.1. The highest BCUT2D eigenvalue weighted by Crippen LogP contribution is 2.44. The van der Waals surface area contributed by atoms with E-state index in [4.69, 9.17) is 9.47 Å². The lowest BCUT2D eigenvalue weighted by molar-refractivity contribution is -0.145. The Morgan fingerprint density at radius 2 is 1.67 bits per heavy atom. The Hall–Kier alpha value is -1.68. The largest absolute Gasteiger partial charge is 0.469 e. The summed E-state index contributed by atoms with van der Waals surface area (Å²) in [7, 11) is 1.42. The summed E-state index contributed by atoms with van der Waals surface area (Å²) in [5.41, 5.74) is 4.40. The van der Waals surface area contributed by atoms with Gasteiger partial charge in [-0.25, -0.2) is 0 Å². The zero-order valence-corrected chi connectivity index (χ0v) is 17.5. The molecular formula is C23H34O4. The third-order valence-electron chi connectivity index (χ3n) is 5.93. The summed E-state index contributed by atoms with van der Waals surface area (Å²) in [6.07, 6.45) is 4.93. The van der Waals surface area contributed by atoms with Gasteiger partial charge in [0.15, 0.2) is 0 Å². The highest BCUT2D eigenvalue weighted by molar-refractivity contribution is 5.83. The third-order valence-corrected chi connectivity index (χ3v) is 5.93. The zero-order chi connectivity index (χ0) is 20.0. The number of rotatable bonds is 8. The fourth-order valence-corrected chi connectivity index (χ4v) is 4.57. The molecular weight excluding hydrogens is 340 g/mol. The second kappa shape index (κ2) is 9.50. The van der Waals surface area contributed by atoms with Crippen molar-refractivity contribution in [3.63, 3.8) is 0 Å². The first-order valence-corrected chi connectivity index (χ1v) is 10.1. The highest BCUT2D eigenvalue weighted by atomic mass is 16.5. The minimum absolute atomic E-state index is 0.212. The van der Waals surface area contributed by atoms with Gasteiger partial charge in [0.2, 0.25) is 0 Å². The molecule has 1 fully saturated rings. The van der Waals surface area contributed by atoms with Crippen LogP contribution in [0.1, 0.15) is 67.7 Å². The maximum Gasteiger partial charge on any atom is 0.306 e. The van der Waals surface area contributed by atoms with Crippen LogP contribution in [0.5, 0.6) is 0 Å². The number of aryl methyl sites for hydroxylation is 3. The van der Waals surface area contributed by atoms with E-state index in [0.717, 1.165) is 31.2 Å². The third kappa shape index (κ3) is 5.90. The van der Waals surface area contributed by atoms with Crippen molar-refractivity contribution in [3.05, 3.63) is 34.4 Å². The summed E-state index contributed by atoms with van der Waals surface area (Å²) < 4.78 is 10.7. The van der Waals surface area contributed by atoms with Crippen LogP contribution >= 0.6 is 0 Å². The summed E-state index contributed by atoms with van der Waals surface area (Å²) in [5.74, 6) is -0.0100. The second-order valence-electron chi connectivity index (χ2n) is 8.18. The molecule has 1 aliphatic carbocycles. The molecule has 4 nitrogen and oxygen atoms in total. The zero-order valence-electron chi connectivity index (χ0n) is 17.5. The van der Waals surface area contributed by atoms with E-state index in [2.05, 4.69) is 32.9 Å². The summed E-state index contributed by atoms with van der Waals surface area (Å²) in [5, 5.41) is 0. The molecule has 27 heavy (non-hydrogen) atoms. The quantitative estimate of drug-likeness (QED) is 0.622. The number of Topliss-reactive ketones (excluding diaryl/α,β-unsaturated/α-hetero) is 1. The molecule has 0 radical (unpaired) electrons. The molecule has 150 valence electrons. The van der Waals surface area contributed by atoms with Crippen LogP contribution in [-0.4, -0.2) is 31.6 Å². The first-order chi connectivity index (χ1) is 12.8. The monoisotopic (exact) mass is 374 g/mol. The summed E-state index contributed by atoms with van der Waals surface area (Å²) in [4.78, 5) is 25.0. The minimum atomic E-state index is -0.287. The van der Waals surface area contributed by atoms with Gasteiger partial charge in [0.05, 0.1) is 19.6 Å². The fourth-order valence-electron chi connectivity index (χ4n) is 4.57. The molecule has 1 aromatic carbocycles. The van der Waals surface area contributed by atoms with E-state index in [0.29, 0.717) is 25.9 Å². The summed E-state index contributed by atoms with van der Waals surface area (Å²) in [6.45, 7) is 8.93. The topological polar surface area (TPSA) is 52.6 Å². The second-order valence-corrected chi connectivity index (χ2v) is 8.18. The molecule has 0 N–H and O–H groups in total. The number of esters is 1. The van der Waals surface area contributed by atoms with E-state index in [1.54, 1.807) is 0 Å². The van der Waals surface area contributed by atoms with Gasteiger partial charge in [-0.3, -0.25) is 9.59 Å². The number of methoxy groups -OCH3 is 1. The number of hydrogen-bond donors (Lipinski definition) is 0. The van der Waals surface area contributed by atoms with E-state index in [1.165, 1.54) is 23.8 Å². The molecule has 0 atom stereocenters. The standard InChI is InChI=1S/C23H34O4/c1-6-27-20-7-9-23(10-8-20,15-22(25)26-5)14-19(24)13-21-17(3)11-16(2)12-18(21)4/h11-12,20H,6-10,13-15H2,1-5H3. The fraction of sp³-hybridized carbons (Fsp3) is 0.652. The predicted octanol–water partition coefficient (Wildman–Crippen LogP) is 4.64. The average Bonchev–Trinajstić information content (AvgIpc) is 2.60. The van der Waals surface area contributed by atoms with Crippen molar-refractivity contribution in [2.75, 3.05) is 13.7 Å². The Labute approximate surface area is 163 Å². The number of hydrogen-bond acceptors (Lipinski definition) is 4. The van der Waals surface area contributed by atoms with Crippen LogP contribution in [0.3, 0.4) is 0 Å². The smallest absolute Gasteiger partial charge is 0.306 e. The molecule has 0 unspecified atom stereocenters. The number of ether oxygens (including phenoxy) is 2. The molecule has 4 heteroatoms. The number of benzene rings is 1. The molecule has 0 amide bonds. The van der Waals surface area contributed by atoms with Crippen LogP contribution in [0, 0.1) is 26.2 Å². The molecule has 0 bridgehead atoms. The molecule has 0 aliphatic heterocycles. The van der Waals surface area contributed by atoms with Crippen LogP contribution in [0.2, 0.25) is 0 Å².